The maximum atomic E-state index is 5.63. The van der Waals surface area contributed by atoms with E-state index < -0.39 is 0 Å². The molecule has 2 aromatic rings. The van der Waals surface area contributed by atoms with Gasteiger partial charge in [0.1, 0.15) is 0 Å². The number of ether oxygens (including phenoxy) is 1. The molecule has 0 aromatic heterocycles. The Labute approximate surface area is 143 Å². The minimum Gasteiger partial charge on any atom is -0.376 e. The van der Waals surface area contributed by atoms with Crippen LogP contribution in [0.15, 0.2) is 60.7 Å². The molecule has 120 valence electrons. The smallest absolute Gasteiger partial charge is 0.167 e. The molecule has 0 saturated carbocycles. The van der Waals surface area contributed by atoms with Crippen molar-refractivity contribution in [2.45, 2.75) is 25.0 Å². The summed E-state index contributed by atoms with van der Waals surface area (Å²) in [5.74, 6) is 0. The van der Waals surface area contributed by atoms with E-state index in [-0.39, 0.29) is 12.1 Å². The van der Waals surface area contributed by atoms with Crippen LogP contribution in [0.3, 0.4) is 0 Å². The lowest BCUT2D eigenvalue weighted by molar-refractivity contribution is 0.114. The Bertz CT molecular complexity index is 572. The predicted octanol–water partition coefficient (Wildman–Crippen LogP) is 3.42. The van der Waals surface area contributed by atoms with Crippen molar-refractivity contribution in [3.8, 4) is 0 Å². The maximum Gasteiger partial charge on any atom is 0.167 e. The molecule has 23 heavy (non-hydrogen) atoms. The molecule has 1 fully saturated rings. The summed E-state index contributed by atoms with van der Waals surface area (Å²) in [5.41, 5.74) is 2.39. The van der Waals surface area contributed by atoms with Gasteiger partial charge in [-0.05, 0) is 36.2 Å². The summed E-state index contributed by atoms with van der Waals surface area (Å²) in [6.45, 7) is 1.63. The van der Waals surface area contributed by atoms with E-state index in [1.165, 1.54) is 11.1 Å². The average molecular weight is 326 g/mol. The molecule has 0 radical (unpaired) electrons. The Morgan fingerprint density at radius 1 is 1.04 bits per heavy atom. The second-order valence-electron chi connectivity index (χ2n) is 5.74. The lowest BCUT2D eigenvalue weighted by Crippen LogP contribution is -2.41. The number of nitrogens with one attached hydrogen (secondary N) is 2. The first kappa shape index (κ1) is 16.0. The number of benzene rings is 2. The van der Waals surface area contributed by atoms with Crippen LogP contribution in [0.2, 0.25) is 0 Å². The van der Waals surface area contributed by atoms with Gasteiger partial charge in [0, 0.05) is 13.2 Å². The van der Waals surface area contributed by atoms with Gasteiger partial charge in [0.2, 0.25) is 0 Å². The molecule has 1 heterocycles. The molecule has 0 bridgehead atoms. The van der Waals surface area contributed by atoms with Gasteiger partial charge in [-0.15, -0.1) is 0 Å². The van der Waals surface area contributed by atoms with Crippen LogP contribution in [0.25, 0.3) is 0 Å². The van der Waals surface area contributed by atoms with Gasteiger partial charge in [-0.1, -0.05) is 60.7 Å². The van der Waals surface area contributed by atoms with Crippen molar-refractivity contribution in [2.24, 2.45) is 0 Å². The highest BCUT2D eigenvalue weighted by molar-refractivity contribution is 7.80. The topological polar surface area (TPSA) is 33.3 Å². The Hall–Kier alpha value is -1.91. The van der Waals surface area contributed by atoms with E-state index >= 15 is 0 Å². The van der Waals surface area contributed by atoms with E-state index in [0.29, 0.717) is 5.11 Å². The summed E-state index contributed by atoms with van der Waals surface area (Å²) in [6, 6.07) is 20.8. The van der Waals surface area contributed by atoms with E-state index in [9.17, 15) is 0 Å². The average Bonchev–Trinajstić information content (AvgIpc) is 3.13. The van der Waals surface area contributed by atoms with Crippen LogP contribution in [-0.2, 0) is 4.74 Å². The van der Waals surface area contributed by atoms with Crippen molar-refractivity contribution in [1.29, 1.82) is 0 Å². The minimum absolute atomic E-state index is 0.0434. The van der Waals surface area contributed by atoms with Crippen molar-refractivity contribution in [1.82, 2.24) is 10.6 Å². The van der Waals surface area contributed by atoms with Crippen molar-refractivity contribution in [2.75, 3.05) is 13.2 Å². The Morgan fingerprint density at radius 2 is 1.65 bits per heavy atom. The van der Waals surface area contributed by atoms with Gasteiger partial charge in [0.15, 0.2) is 5.11 Å². The number of thiocarbonyl (C=S) groups is 1. The van der Waals surface area contributed by atoms with E-state index in [1.54, 1.807) is 0 Å². The van der Waals surface area contributed by atoms with Crippen molar-refractivity contribution in [3.05, 3.63) is 71.8 Å². The zero-order valence-electron chi connectivity index (χ0n) is 13.1. The van der Waals surface area contributed by atoms with Crippen molar-refractivity contribution >= 4 is 17.3 Å². The fraction of sp³-hybridized carbons (Fsp3) is 0.316. The first-order valence-electron chi connectivity index (χ1n) is 8.09. The normalized spacial score (nSPS) is 17.2. The molecular formula is C19H22N2OS. The maximum absolute atomic E-state index is 5.63. The highest BCUT2D eigenvalue weighted by Gasteiger charge is 2.17. The van der Waals surface area contributed by atoms with Crippen molar-refractivity contribution in [3.63, 3.8) is 0 Å². The summed E-state index contributed by atoms with van der Waals surface area (Å²) < 4.78 is 5.63. The zero-order valence-corrected chi connectivity index (χ0v) is 13.9. The summed E-state index contributed by atoms with van der Waals surface area (Å²) in [4.78, 5) is 0. The number of rotatable bonds is 5. The molecule has 2 N–H and O–H groups in total. The lowest BCUT2D eigenvalue weighted by atomic mass is 9.99. The molecule has 4 heteroatoms. The molecule has 1 aliphatic rings. The van der Waals surface area contributed by atoms with E-state index in [4.69, 9.17) is 17.0 Å². The number of hydrogen-bond acceptors (Lipinski definition) is 2. The highest BCUT2D eigenvalue weighted by atomic mass is 32.1. The van der Waals surface area contributed by atoms with Crippen LogP contribution in [-0.4, -0.2) is 24.4 Å². The standard InChI is InChI=1S/C19H22N2OS/c23-19(20-14-17-12-7-13-22-17)21-18(15-8-3-1-4-9-15)16-10-5-2-6-11-16/h1-6,8-11,17-18H,7,12-14H2,(H2,20,21,23). The quantitative estimate of drug-likeness (QED) is 0.825. The van der Waals surface area contributed by atoms with Crippen LogP contribution in [0.1, 0.15) is 30.0 Å². The largest absolute Gasteiger partial charge is 0.376 e. The van der Waals surface area contributed by atoms with Crippen LogP contribution in [0, 0.1) is 0 Å². The van der Waals surface area contributed by atoms with Crippen LogP contribution < -0.4 is 10.6 Å². The highest BCUT2D eigenvalue weighted by Crippen LogP contribution is 2.21. The van der Waals surface area contributed by atoms with Gasteiger partial charge in [0.25, 0.3) is 0 Å². The molecule has 3 nitrogen and oxygen atoms in total. The minimum atomic E-state index is 0.0434. The molecule has 2 aromatic carbocycles. The molecule has 0 spiro atoms. The molecule has 1 saturated heterocycles. The van der Waals surface area contributed by atoms with E-state index in [0.717, 1.165) is 26.0 Å². The van der Waals surface area contributed by atoms with Gasteiger partial charge < -0.3 is 15.4 Å². The first-order chi connectivity index (χ1) is 11.3. The van der Waals surface area contributed by atoms with Gasteiger partial charge in [-0.2, -0.15) is 0 Å². The molecule has 3 rings (SSSR count). The molecule has 1 unspecified atom stereocenters. The van der Waals surface area contributed by atoms with Crippen molar-refractivity contribution < 1.29 is 4.74 Å². The Balaban J connectivity index is 1.67. The summed E-state index contributed by atoms with van der Waals surface area (Å²) in [6.07, 6.45) is 2.53. The summed E-state index contributed by atoms with van der Waals surface area (Å²) in [5, 5.41) is 7.39. The van der Waals surface area contributed by atoms with Crippen LogP contribution >= 0.6 is 12.2 Å². The first-order valence-corrected chi connectivity index (χ1v) is 8.49. The SMILES string of the molecule is S=C(NCC1CCCO1)NC(c1ccccc1)c1ccccc1. The summed E-state index contributed by atoms with van der Waals surface area (Å²) >= 11 is 5.49. The Kier molecular flexibility index (Phi) is 5.61. The fourth-order valence-corrected chi connectivity index (χ4v) is 3.05. The molecule has 0 aliphatic carbocycles. The molecule has 1 atom stereocenters. The number of hydrogen-bond donors (Lipinski definition) is 2. The third-order valence-electron chi connectivity index (χ3n) is 4.06. The molecule has 1 aliphatic heterocycles. The third-order valence-corrected chi connectivity index (χ3v) is 4.32. The third kappa shape index (κ3) is 4.53. The summed E-state index contributed by atoms with van der Waals surface area (Å²) in [7, 11) is 0. The van der Waals surface area contributed by atoms with Gasteiger partial charge >= 0.3 is 0 Å². The van der Waals surface area contributed by atoms with E-state index in [2.05, 4.69) is 59.2 Å². The lowest BCUT2D eigenvalue weighted by Gasteiger charge is -2.22. The van der Waals surface area contributed by atoms with Crippen LogP contribution in [0.5, 0.6) is 0 Å². The second kappa shape index (κ2) is 8.09. The van der Waals surface area contributed by atoms with E-state index in [1.807, 2.05) is 12.1 Å². The second-order valence-corrected chi connectivity index (χ2v) is 6.15. The predicted molar refractivity (Wildman–Crippen MR) is 97.4 cm³/mol. The molecule has 0 amide bonds. The molecular weight excluding hydrogens is 304 g/mol. The van der Waals surface area contributed by atoms with Gasteiger partial charge in [-0.25, -0.2) is 0 Å². The van der Waals surface area contributed by atoms with Gasteiger partial charge in [-0.3, -0.25) is 0 Å². The zero-order chi connectivity index (χ0) is 15.9. The fourth-order valence-electron chi connectivity index (χ4n) is 2.84. The van der Waals surface area contributed by atoms with Gasteiger partial charge in [0.05, 0.1) is 12.1 Å². The van der Waals surface area contributed by atoms with Crippen LogP contribution in [0.4, 0.5) is 0 Å². The Morgan fingerprint density at radius 3 is 2.17 bits per heavy atom. The monoisotopic (exact) mass is 326 g/mol.